The van der Waals surface area contributed by atoms with Crippen LogP contribution in [0.4, 0.5) is 5.13 Å². The van der Waals surface area contributed by atoms with Gasteiger partial charge in [-0.25, -0.2) is 4.98 Å². The van der Waals surface area contributed by atoms with E-state index < -0.39 is 0 Å². The number of hydrogen-bond acceptors (Lipinski definition) is 9. The van der Waals surface area contributed by atoms with Crippen LogP contribution in [0.5, 0.6) is 0 Å². The molecule has 0 fully saturated rings. The third-order valence-electron chi connectivity index (χ3n) is 4.10. The molecular weight excluding hydrogens is 442 g/mol. The maximum absolute atomic E-state index is 12.8. The van der Waals surface area contributed by atoms with Crippen molar-refractivity contribution in [1.29, 1.82) is 0 Å². The SMILES string of the molecule is COCc1nnc(NC(=O)CSc2nc3sc(C)c(-c4ccccc4)c3c(=O)[nH]2)s1. The van der Waals surface area contributed by atoms with Crippen molar-refractivity contribution in [3.8, 4) is 11.1 Å². The van der Waals surface area contributed by atoms with E-state index in [0.717, 1.165) is 27.8 Å². The van der Waals surface area contributed by atoms with Crippen LogP contribution in [0.2, 0.25) is 0 Å². The van der Waals surface area contributed by atoms with Gasteiger partial charge in [0.05, 0.1) is 11.1 Å². The highest BCUT2D eigenvalue weighted by Gasteiger charge is 2.17. The first-order valence-electron chi connectivity index (χ1n) is 8.88. The van der Waals surface area contributed by atoms with Gasteiger partial charge in [-0.2, -0.15) is 0 Å². The fraction of sp³-hybridized carbons (Fsp3) is 0.211. The second-order valence-corrected chi connectivity index (χ2v) is 9.45. The van der Waals surface area contributed by atoms with Crippen LogP contribution in [0, 0.1) is 6.92 Å². The number of H-pyrrole nitrogens is 1. The van der Waals surface area contributed by atoms with Crippen molar-refractivity contribution in [2.45, 2.75) is 18.7 Å². The summed E-state index contributed by atoms with van der Waals surface area (Å²) in [5, 5.41) is 12.6. The third-order valence-corrected chi connectivity index (χ3v) is 6.78. The number of fused-ring (bicyclic) bond motifs is 1. The minimum atomic E-state index is -0.254. The van der Waals surface area contributed by atoms with Crippen molar-refractivity contribution in [3.05, 3.63) is 50.6 Å². The fourth-order valence-corrected chi connectivity index (χ4v) is 5.39. The molecular formula is C19H17N5O3S3. The van der Waals surface area contributed by atoms with Crippen molar-refractivity contribution in [2.75, 3.05) is 18.2 Å². The fourth-order valence-electron chi connectivity index (χ4n) is 2.90. The van der Waals surface area contributed by atoms with Gasteiger partial charge in [-0.05, 0) is 12.5 Å². The minimum Gasteiger partial charge on any atom is -0.377 e. The van der Waals surface area contributed by atoms with Crippen molar-refractivity contribution in [2.24, 2.45) is 0 Å². The third kappa shape index (κ3) is 4.43. The number of ether oxygens (including phenoxy) is 1. The molecule has 2 N–H and O–H groups in total. The molecule has 0 atom stereocenters. The van der Waals surface area contributed by atoms with Crippen molar-refractivity contribution in [3.63, 3.8) is 0 Å². The van der Waals surface area contributed by atoms with Crippen LogP contribution in [0.25, 0.3) is 21.3 Å². The lowest BCUT2D eigenvalue weighted by Crippen LogP contribution is -2.15. The Balaban J connectivity index is 1.50. The number of methoxy groups -OCH3 is 1. The Labute approximate surface area is 183 Å². The standard InChI is InChI=1S/C19H17N5O3S3/c1-10-14(11-6-4-3-5-7-11)15-16(26)21-18(22-17(15)29-10)28-9-12(25)20-19-24-23-13(30-19)8-27-2/h3-7H,8-9H2,1-2H3,(H,20,24,25)(H,21,22,26). The molecule has 3 heterocycles. The maximum atomic E-state index is 12.8. The zero-order valence-electron chi connectivity index (χ0n) is 16.1. The lowest BCUT2D eigenvalue weighted by atomic mass is 10.0. The van der Waals surface area contributed by atoms with E-state index in [1.807, 2.05) is 37.3 Å². The van der Waals surface area contributed by atoms with Crippen molar-refractivity contribution >= 4 is 55.7 Å². The topological polar surface area (TPSA) is 110 Å². The summed E-state index contributed by atoms with van der Waals surface area (Å²) in [6.45, 7) is 2.33. The predicted molar refractivity (Wildman–Crippen MR) is 120 cm³/mol. The lowest BCUT2D eigenvalue weighted by molar-refractivity contribution is -0.113. The van der Waals surface area contributed by atoms with Gasteiger partial charge in [0.25, 0.3) is 5.56 Å². The van der Waals surface area contributed by atoms with E-state index in [9.17, 15) is 9.59 Å². The van der Waals surface area contributed by atoms with Crippen molar-refractivity contribution < 1.29 is 9.53 Å². The van der Waals surface area contributed by atoms with Crippen LogP contribution in [0.1, 0.15) is 9.88 Å². The molecule has 154 valence electrons. The van der Waals surface area contributed by atoms with Gasteiger partial charge >= 0.3 is 0 Å². The first-order valence-corrected chi connectivity index (χ1v) is 11.5. The van der Waals surface area contributed by atoms with E-state index in [1.165, 1.54) is 22.7 Å². The Morgan fingerprint density at radius 1 is 1.23 bits per heavy atom. The number of anilines is 1. The van der Waals surface area contributed by atoms with Crippen LogP contribution in [-0.4, -0.2) is 38.9 Å². The molecule has 0 aliphatic carbocycles. The summed E-state index contributed by atoms with van der Waals surface area (Å²) in [6, 6.07) is 9.78. The van der Waals surface area contributed by atoms with E-state index in [0.29, 0.717) is 32.1 Å². The summed E-state index contributed by atoms with van der Waals surface area (Å²) in [5.74, 6) is -0.168. The second kappa shape index (κ2) is 9.04. The number of benzene rings is 1. The summed E-state index contributed by atoms with van der Waals surface area (Å²) in [7, 11) is 1.57. The van der Waals surface area contributed by atoms with Gasteiger partial charge in [0.2, 0.25) is 11.0 Å². The van der Waals surface area contributed by atoms with Gasteiger partial charge in [-0.3, -0.25) is 14.9 Å². The molecule has 4 aromatic rings. The van der Waals surface area contributed by atoms with Gasteiger partial charge < -0.3 is 9.72 Å². The molecule has 1 amide bonds. The Kier molecular flexibility index (Phi) is 6.23. The van der Waals surface area contributed by atoms with E-state index in [2.05, 4.69) is 25.5 Å². The quantitative estimate of drug-likeness (QED) is 0.320. The lowest BCUT2D eigenvalue weighted by Gasteiger charge is -2.03. The number of thiophene rings is 1. The zero-order chi connectivity index (χ0) is 21.1. The van der Waals surface area contributed by atoms with Crippen LogP contribution in [0.3, 0.4) is 0 Å². The highest BCUT2D eigenvalue weighted by Crippen LogP contribution is 2.35. The molecule has 0 bridgehead atoms. The summed E-state index contributed by atoms with van der Waals surface area (Å²) in [4.78, 5) is 34.0. The van der Waals surface area contributed by atoms with E-state index >= 15 is 0 Å². The predicted octanol–water partition coefficient (Wildman–Crippen LogP) is 3.69. The summed E-state index contributed by atoms with van der Waals surface area (Å²) < 4.78 is 4.99. The molecule has 4 rings (SSSR count). The number of nitrogens with zero attached hydrogens (tertiary/aromatic N) is 3. The molecule has 0 aliphatic heterocycles. The molecule has 0 aliphatic rings. The number of hydrogen-bond donors (Lipinski definition) is 2. The highest BCUT2D eigenvalue weighted by molar-refractivity contribution is 7.99. The molecule has 11 heteroatoms. The van der Waals surface area contributed by atoms with E-state index in [1.54, 1.807) is 7.11 Å². The summed E-state index contributed by atoms with van der Waals surface area (Å²) in [5.41, 5.74) is 1.68. The maximum Gasteiger partial charge on any atom is 0.260 e. The number of nitrogens with one attached hydrogen (secondary N) is 2. The van der Waals surface area contributed by atoms with E-state index in [4.69, 9.17) is 4.74 Å². The Bertz CT molecular complexity index is 1250. The summed E-state index contributed by atoms with van der Waals surface area (Å²) in [6.07, 6.45) is 0. The highest BCUT2D eigenvalue weighted by atomic mass is 32.2. The number of aryl methyl sites for hydroxylation is 1. The van der Waals surface area contributed by atoms with Crippen LogP contribution in [-0.2, 0) is 16.1 Å². The van der Waals surface area contributed by atoms with Crippen LogP contribution in [0.15, 0.2) is 40.3 Å². The Morgan fingerprint density at radius 3 is 2.80 bits per heavy atom. The largest absolute Gasteiger partial charge is 0.377 e. The average Bonchev–Trinajstić information content (AvgIpc) is 3.30. The summed E-state index contributed by atoms with van der Waals surface area (Å²) >= 11 is 3.89. The smallest absolute Gasteiger partial charge is 0.260 e. The number of aromatic nitrogens is 4. The van der Waals surface area contributed by atoms with Gasteiger partial charge in [-0.15, -0.1) is 21.5 Å². The normalized spacial score (nSPS) is 11.1. The monoisotopic (exact) mass is 459 g/mol. The van der Waals surface area contributed by atoms with E-state index in [-0.39, 0.29) is 17.2 Å². The number of aromatic amines is 1. The minimum absolute atomic E-state index is 0.0868. The molecule has 30 heavy (non-hydrogen) atoms. The molecule has 8 nitrogen and oxygen atoms in total. The first-order chi connectivity index (χ1) is 14.5. The number of amides is 1. The average molecular weight is 460 g/mol. The molecule has 0 radical (unpaired) electrons. The van der Waals surface area contributed by atoms with Crippen molar-refractivity contribution in [1.82, 2.24) is 20.2 Å². The Morgan fingerprint density at radius 2 is 2.03 bits per heavy atom. The number of carbonyl (C=O) groups excluding carboxylic acids is 1. The molecule has 0 saturated heterocycles. The van der Waals surface area contributed by atoms with Gasteiger partial charge in [0, 0.05) is 17.6 Å². The number of carbonyl (C=O) groups is 1. The molecule has 0 spiro atoms. The molecule has 0 saturated carbocycles. The second-order valence-electron chi connectivity index (χ2n) is 6.22. The van der Waals surface area contributed by atoms with Gasteiger partial charge in [-0.1, -0.05) is 53.4 Å². The molecule has 0 unspecified atom stereocenters. The molecule has 1 aromatic carbocycles. The zero-order valence-corrected chi connectivity index (χ0v) is 18.5. The van der Waals surface area contributed by atoms with Crippen LogP contribution < -0.4 is 10.9 Å². The Hall–Kier alpha value is -2.60. The van der Waals surface area contributed by atoms with Gasteiger partial charge in [0.1, 0.15) is 16.4 Å². The number of thioether (sulfide) groups is 1. The molecule has 3 aromatic heterocycles. The number of rotatable bonds is 7. The van der Waals surface area contributed by atoms with Gasteiger partial charge in [0.15, 0.2) is 5.16 Å². The first kappa shape index (κ1) is 20.7. The van der Waals surface area contributed by atoms with Crippen LogP contribution >= 0.6 is 34.4 Å².